The summed E-state index contributed by atoms with van der Waals surface area (Å²) in [5.74, 6) is -0.332. The van der Waals surface area contributed by atoms with E-state index < -0.39 is 9.05 Å². The maximum Gasteiger partial charge on any atom is 0.262 e. The van der Waals surface area contributed by atoms with Gasteiger partial charge in [0.25, 0.3) is 9.05 Å². The van der Waals surface area contributed by atoms with E-state index in [-0.39, 0.29) is 17.2 Å². The molecule has 0 atom stereocenters. The van der Waals surface area contributed by atoms with Gasteiger partial charge >= 0.3 is 0 Å². The lowest BCUT2D eigenvalue weighted by Gasteiger charge is -2.10. The van der Waals surface area contributed by atoms with Crippen LogP contribution in [0.3, 0.4) is 0 Å². The number of anilines is 1. The van der Waals surface area contributed by atoms with E-state index in [1.165, 1.54) is 12.3 Å². The van der Waals surface area contributed by atoms with Crippen molar-refractivity contribution in [3.05, 3.63) is 65.3 Å². The number of halogens is 2. The first-order valence-electron chi connectivity index (χ1n) is 7.21. The zero-order chi connectivity index (χ0) is 18.0. The molecule has 1 amide bonds. The monoisotopic (exact) mass is 394 g/mol. The van der Waals surface area contributed by atoms with Crippen molar-refractivity contribution >= 4 is 53.8 Å². The van der Waals surface area contributed by atoms with Gasteiger partial charge in [-0.2, -0.15) is 0 Å². The molecule has 0 aliphatic heterocycles. The minimum atomic E-state index is -3.99. The van der Waals surface area contributed by atoms with Gasteiger partial charge < -0.3 is 5.32 Å². The van der Waals surface area contributed by atoms with Crippen LogP contribution >= 0.6 is 22.3 Å². The van der Waals surface area contributed by atoms with Gasteiger partial charge in [-0.15, -0.1) is 0 Å². The molecule has 3 aromatic rings. The smallest absolute Gasteiger partial charge is 0.262 e. The number of fused-ring (bicyclic) bond motifs is 1. The number of hydrogen-bond acceptors (Lipinski definition) is 4. The second-order valence-electron chi connectivity index (χ2n) is 5.30. The van der Waals surface area contributed by atoms with Crippen molar-refractivity contribution in [3.63, 3.8) is 0 Å². The summed E-state index contributed by atoms with van der Waals surface area (Å²) >= 11 is 6.05. The molecule has 0 aliphatic carbocycles. The molecule has 1 heterocycles. The van der Waals surface area contributed by atoms with Crippen molar-refractivity contribution in [2.24, 2.45) is 0 Å². The normalized spacial score (nSPS) is 11.4. The summed E-state index contributed by atoms with van der Waals surface area (Å²) in [5.41, 5.74) is 1.38. The SMILES string of the molecule is O=C(Cc1ccccc1Cl)Nc1cc(S(=O)(=O)Cl)c2cccnc2c1. The Morgan fingerprint density at radius 1 is 1.12 bits per heavy atom. The summed E-state index contributed by atoms with van der Waals surface area (Å²) in [6.07, 6.45) is 1.59. The van der Waals surface area contributed by atoms with Gasteiger partial charge in [0.15, 0.2) is 0 Å². The maximum absolute atomic E-state index is 12.3. The van der Waals surface area contributed by atoms with Gasteiger partial charge in [-0.05, 0) is 35.9 Å². The van der Waals surface area contributed by atoms with Crippen LogP contribution in [0.2, 0.25) is 5.02 Å². The largest absolute Gasteiger partial charge is 0.326 e. The minimum Gasteiger partial charge on any atom is -0.326 e. The third-order valence-electron chi connectivity index (χ3n) is 3.54. The van der Waals surface area contributed by atoms with Crippen molar-refractivity contribution in [2.45, 2.75) is 11.3 Å². The molecule has 0 radical (unpaired) electrons. The van der Waals surface area contributed by atoms with Crippen LogP contribution in [0.4, 0.5) is 5.69 Å². The Morgan fingerprint density at radius 2 is 1.88 bits per heavy atom. The molecule has 1 aromatic heterocycles. The van der Waals surface area contributed by atoms with E-state index in [9.17, 15) is 13.2 Å². The molecule has 25 heavy (non-hydrogen) atoms. The molecular formula is C17H12Cl2N2O3S. The van der Waals surface area contributed by atoms with Gasteiger partial charge in [0, 0.05) is 33.0 Å². The number of pyridine rings is 1. The lowest BCUT2D eigenvalue weighted by atomic mass is 10.1. The number of nitrogens with one attached hydrogen (secondary N) is 1. The van der Waals surface area contributed by atoms with Crippen LogP contribution in [0.5, 0.6) is 0 Å². The third kappa shape index (κ3) is 4.10. The predicted octanol–water partition coefficient (Wildman–Crippen LogP) is 4.00. The van der Waals surface area contributed by atoms with E-state index in [1.54, 1.807) is 42.5 Å². The molecule has 0 saturated carbocycles. The molecule has 0 bridgehead atoms. The highest BCUT2D eigenvalue weighted by molar-refractivity contribution is 8.14. The highest BCUT2D eigenvalue weighted by atomic mass is 35.7. The summed E-state index contributed by atoms with van der Waals surface area (Å²) in [6, 6.07) is 13.1. The molecule has 0 saturated heterocycles. The number of rotatable bonds is 4. The number of hydrogen-bond donors (Lipinski definition) is 1. The molecule has 0 unspecified atom stereocenters. The predicted molar refractivity (Wildman–Crippen MR) is 98.6 cm³/mol. The van der Waals surface area contributed by atoms with Crippen molar-refractivity contribution < 1.29 is 13.2 Å². The number of aromatic nitrogens is 1. The van der Waals surface area contributed by atoms with Gasteiger partial charge in [-0.1, -0.05) is 29.8 Å². The van der Waals surface area contributed by atoms with Gasteiger partial charge in [0.1, 0.15) is 0 Å². The van der Waals surface area contributed by atoms with Crippen LogP contribution in [0.1, 0.15) is 5.56 Å². The highest BCUT2D eigenvalue weighted by Gasteiger charge is 2.17. The second-order valence-corrected chi connectivity index (χ2v) is 8.24. The minimum absolute atomic E-state index is 0.0584. The first-order valence-corrected chi connectivity index (χ1v) is 9.90. The van der Waals surface area contributed by atoms with Crippen LogP contribution < -0.4 is 5.32 Å². The number of carbonyl (C=O) groups is 1. The van der Waals surface area contributed by atoms with Crippen LogP contribution in [-0.4, -0.2) is 19.3 Å². The fourth-order valence-electron chi connectivity index (χ4n) is 2.44. The Balaban J connectivity index is 1.94. The fraction of sp³-hybridized carbons (Fsp3) is 0.0588. The van der Waals surface area contributed by atoms with Gasteiger partial charge in [-0.25, -0.2) is 8.42 Å². The molecule has 0 spiro atoms. The van der Waals surface area contributed by atoms with Gasteiger partial charge in [-0.3, -0.25) is 9.78 Å². The highest BCUT2D eigenvalue weighted by Crippen LogP contribution is 2.28. The third-order valence-corrected chi connectivity index (χ3v) is 5.27. The van der Waals surface area contributed by atoms with E-state index in [2.05, 4.69) is 10.3 Å². The number of benzene rings is 2. The summed E-state index contributed by atoms with van der Waals surface area (Å²) < 4.78 is 23.7. The number of nitrogens with zero attached hydrogens (tertiary/aromatic N) is 1. The van der Waals surface area contributed by atoms with Crippen LogP contribution in [0.15, 0.2) is 59.6 Å². The Bertz CT molecular complexity index is 1070. The van der Waals surface area contributed by atoms with Gasteiger partial charge in [0.05, 0.1) is 16.8 Å². The van der Waals surface area contributed by atoms with Crippen LogP contribution in [0, 0.1) is 0 Å². The fourth-order valence-corrected chi connectivity index (χ4v) is 3.73. The maximum atomic E-state index is 12.3. The van der Waals surface area contributed by atoms with Crippen molar-refractivity contribution in [1.82, 2.24) is 4.98 Å². The molecule has 128 valence electrons. The Labute approximate surface area is 154 Å². The molecule has 0 fully saturated rings. The zero-order valence-electron chi connectivity index (χ0n) is 12.7. The van der Waals surface area contributed by atoms with Crippen LogP contribution in [0.25, 0.3) is 10.9 Å². The Kier molecular flexibility index (Phi) is 4.94. The molecule has 0 aliphatic rings. The van der Waals surface area contributed by atoms with Crippen molar-refractivity contribution in [1.29, 1.82) is 0 Å². The molecule has 1 N–H and O–H groups in total. The quantitative estimate of drug-likeness (QED) is 0.678. The Hall–Kier alpha value is -2.15. The number of amides is 1. The zero-order valence-corrected chi connectivity index (χ0v) is 15.1. The van der Waals surface area contributed by atoms with E-state index in [1.807, 2.05) is 0 Å². The van der Waals surface area contributed by atoms with Crippen LogP contribution in [-0.2, 0) is 20.3 Å². The molecule has 2 aromatic carbocycles. The second kappa shape index (κ2) is 7.00. The average Bonchev–Trinajstić information content (AvgIpc) is 2.55. The summed E-state index contributed by atoms with van der Waals surface area (Å²) in [6.45, 7) is 0. The van der Waals surface area contributed by atoms with E-state index in [0.717, 1.165) is 0 Å². The van der Waals surface area contributed by atoms with Crippen molar-refractivity contribution in [3.8, 4) is 0 Å². The lowest BCUT2D eigenvalue weighted by Crippen LogP contribution is -2.15. The van der Waals surface area contributed by atoms with E-state index in [4.69, 9.17) is 22.3 Å². The summed E-state index contributed by atoms with van der Waals surface area (Å²) in [7, 11) is 1.52. The lowest BCUT2D eigenvalue weighted by molar-refractivity contribution is -0.115. The molecule has 5 nitrogen and oxygen atoms in total. The topological polar surface area (TPSA) is 76.1 Å². The van der Waals surface area contributed by atoms with Gasteiger partial charge in [0.2, 0.25) is 5.91 Å². The van der Waals surface area contributed by atoms with E-state index >= 15 is 0 Å². The summed E-state index contributed by atoms with van der Waals surface area (Å²) in [4.78, 5) is 16.3. The standard InChI is InChI=1S/C17H12Cl2N2O3S/c18-14-6-2-1-4-11(14)8-17(22)21-12-9-15-13(5-3-7-20-15)16(10-12)25(19,23)24/h1-7,9-10H,8H2,(H,21,22). The molecule has 8 heteroatoms. The molecular weight excluding hydrogens is 383 g/mol. The molecule has 3 rings (SSSR count). The Morgan fingerprint density at radius 3 is 2.60 bits per heavy atom. The van der Waals surface area contributed by atoms with E-state index in [0.29, 0.717) is 27.2 Å². The average molecular weight is 395 g/mol. The first kappa shape index (κ1) is 17.7. The summed E-state index contributed by atoms with van der Waals surface area (Å²) in [5, 5.41) is 3.54. The first-order chi connectivity index (χ1) is 11.8. The number of carbonyl (C=O) groups excluding carboxylic acids is 1. The van der Waals surface area contributed by atoms with Crippen molar-refractivity contribution in [2.75, 3.05) is 5.32 Å².